The van der Waals surface area contributed by atoms with Crippen LogP contribution in [0.4, 0.5) is 5.69 Å². The summed E-state index contributed by atoms with van der Waals surface area (Å²) in [7, 11) is 0. The molecule has 1 rings (SSSR count). The van der Waals surface area contributed by atoms with Crippen LogP contribution in [0.25, 0.3) is 0 Å². The predicted molar refractivity (Wildman–Crippen MR) is 76.8 cm³/mol. The zero-order valence-corrected chi connectivity index (χ0v) is 11.7. The average Bonchev–Trinajstić information content (AvgIpc) is 2.33. The first-order valence-electron chi connectivity index (χ1n) is 6.71. The Morgan fingerprint density at radius 3 is 2.79 bits per heavy atom. The minimum Gasteiger partial charge on any atom is -0.398 e. The summed E-state index contributed by atoms with van der Waals surface area (Å²) in [5.41, 5.74) is 5.84. The Hall–Kier alpha value is -1.78. The Kier molecular flexibility index (Phi) is 6.12. The van der Waals surface area contributed by atoms with Crippen molar-refractivity contribution >= 4 is 11.6 Å². The van der Waals surface area contributed by atoms with Crippen molar-refractivity contribution < 1.29 is 4.79 Å². The van der Waals surface area contributed by atoms with Crippen LogP contribution < -0.4 is 16.6 Å². The maximum atomic E-state index is 11.7. The highest BCUT2D eigenvalue weighted by molar-refractivity contribution is 5.75. The van der Waals surface area contributed by atoms with Crippen LogP contribution >= 0.6 is 0 Å². The van der Waals surface area contributed by atoms with Gasteiger partial charge in [-0.15, -0.1) is 0 Å². The summed E-state index contributed by atoms with van der Waals surface area (Å²) >= 11 is 0. The smallest absolute Gasteiger partial charge is 0.251 e. The number of nitrogens with two attached hydrogens (primary N) is 1. The fourth-order valence-corrected chi connectivity index (χ4v) is 1.79. The normalized spacial score (nSPS) is 10.7. The summed E-state index contributed by atoms with van der Waals surface area (Å²) in [6.07, 6.45) is 4.73. The first kappa shape index (κ1) is 15.3. The van der Waals surface area contributed by atoms with Gasteiger partial charge in [0, 0.05) is 24.5 Å². The maximum Gasteiger partial charge on any atom is 0.251 e. The molecular formula is C14H23N3O2. The molecule has 0 aliphatic carbocycles. The van der Waals surface area contributed by atoms with Gasteiger partial charge >= 0.3 is 0 Å². The minimum atomic E-state index is -0.218. The molecule has 1 heterocycles. The van der Waals surface area contributed by atoms with E-state index < -0.39 is 0 Å². The van der Waals surface area contributed by atoms with E-state index in [2.05, 4.69) is 19.2 Å². The quantitative estimate of drug-likeness (QED) is 0.731. The van der Waals surface area contributed by atoms with Gasteiger partial charge in [0.15, 0.2) is 0 Å². The van der Waals surface area contributed by atoms with Crippen molar-refractivity contribution in [3.63, 3.8) is 0 Å². The molecule has 0 unspecified atom stereocenters. The molecule has 5 nitrogen and oxygen atoms in total. The van der Waals surface area contributed by atoms with E-state index in [1.54, 1.807) is 0 Å². The Bertz CT molecular complexity index is 466. The molecule has 1 amide bonds. The van der Waals surface area contributed by atoms with Crippen molar-refractivity contribution in [1.29, 1.82) is 0 Å². The Balaban J connectivity index is 2.31. The molecule has 0 radical (unpaired) electrons. The van der Waals surface area contributed by atoms with Crippen LogP contribution in [-0.4, -0.2) is 17.0 Å². The monoisotopic (exact) mass is 265 g/mol. The van der Waals surface area contributed by atoms with Crippen molar-refractivity contribution in [1.82, 2.24) is 9.88 Å². The number of hydrogen-bond acceptors (Lipinski definition) is 3. The van der Waals surface area contributed by atoms with Gasteiger partial charge in [-0.1, -0.05) is 26.7 Å². The lowest BCUT2D eigenvalue weighted by Crippen LogP contribution is -2.32. The molecule has 1 aromatic heterocycles. The number of pyridine rings is 1. The molecular weight excluding hydrogens is 242 g/mol. The van der Waals surface area contributed by atoms with Crippen molar-refractivity contribution in [2.75, 3.05) is 12.3 Å². The molecule has 0 spiro atoms. The molecule has 0 saturated heterocycles. The molecule has 3 N–H and O–H groups in total. The van der Waals surface area contributed by atoms with Crippen LogP contribution in [0.5, 0.6) is 0 Å². The van der Waals surface area contributed by atoms with Crippen molar-refractivity contribution in [3.05, 3.63) is 28.7 Å². The number of nitrogen functional groups attached to an aromatic ring is 1. The summed E-state index contributed by atoms with van der Waals surface area (Å²) < 4.78 is 1.32. The highest BCUT2D eigenvalue weighted by atomic mass is 16.2. The van der Waals surface area contributed by atoms with Gasteiger partial charge < -0.3 is 15.6 Å². The number of carbonyl (C=O) groups is 1. The van der Waals surface area contributed by atoms with Crippen molar-refractivity contribution in [2.24, 2.45) is 5.92 Å². The van der Waals surface area contributed by atoms with Gasteiger partial charge in [0.1, 0.15) is 6.54 Å². The molecule has 106 valence electrons. The third kappa shape index (κ3) is 6.08. The summed E-state index contributed by atoms with van der Waals surface area (Å²) in [5.74, 6) is 0.541. The lowest BCUT2D eigenvalue weighted by molar-refractivity contribution is -0.121. The number of unbranched alkanes of at least 4 members (excludes halogenated alkanes) is 1. The van der Waals surface area contributed by atoms with Crippen LogP contribution in [0.15, 0.2) is 23.1 Å². The lowest BCUT2D eigenvalue weighted by atomic mass is 10.1. The van der Waals surface area contributed by atoms with Crippen LogP contribution in [0.1, 0.15) is 33.1 Å². The summed E-state index contributed by atoms with van der Waals surface area (Å²) in [6.45, 7) is 5.05. The number of amides is 1. The third-order valence-corrected chi connectivity index (χ3v) is 2.85. The summed E-state index contributed by atoms with van der Waals surface area (Å²) in [4.78, 5) is 23.1. The van der Waals surface area contributed by atoms with Gasteiger partial charge in [0.25, 0.3) is 5.56 Å². The molecule has 0 saturated carbocycles. The molecule has 1 aromatic rings. The van der Waals surface area contributed by atoms with Crippen LogP contribution in [0.2, 0.25) is 0 Å². The molecule has 5 heteroatoms. The number of anilines is 1. The highest BCUT2D eigenvalue weighted by Gasteiger charge is 2.04. The fourth-order valence-electron chi connectivity index (χ4n) is 1.79. The number of carbonyl (C=O) groups excluding carboxylic acids is 1. The Labute approximate surface area is 113 Å². The number of rotatable bonds is 7. The molecule has 19 heavy (non-hydrogen) atoms. The molecule has 0 aliphatic heterocycles. The SMILES string of the molecule is CC(C)CCCCNC(=O)Cn1cc(N)ccc1=O. The fraction of sp³-hybridized carbons (Fsp3) is 0.571. The van der Waals surface area contributed by atoms with Gasteiger partial charge in [-0.25, -0.2) is 0 Å². The van der Waals surface area contributed by atoms with Gasteiger partial charge in [-0.2, -0.15) is 0 Å². The van der Waals surface area contributed by atoms with Crippen molar-refractivity contribution in [3.8, 4) is 0 Å². The van der Waals surface area contributed by atoms with Gasteiger partial charge in [-0.05, 0) is 18.4 Å². The van der Waals surface area contributed by atoms with E-state index in [9.17, 15) is 9.59 Å². The van der Waals surface area contributed by atoms with Crippen LogP contribution in [0, 0.1) is 5.92 Å². The molecule has 0 aliphatic rings. The second-order valence-corrected chi connectivity index (χ2v) is 5.17. The lowest BCUT2D eigenvalue weighted by Gasteiger charge is -2.08. The number of nitrogens with zero attached hydrogens (tertiary/aromatic N) is 1. The Morgan fingerprint density at radius 2 is 2.11 bits per heavy atom. The molecule has 0 aromatic carbocycles. The summed E-state index contributed by atoms with van der Waals surface area (Å²) in [5, 5.41) is 2.81. The van der Waals surface area contributed by atoms with Gasteiger partial charge in [0.05, 0.1) is 0 Å². The zero-order chi connectivity index (χ0) is 14.3. The van der Waals surface area contributed by atoms with E-state index in [4.69, 9.17) is 5.73 Å². The molecule has 0 bridgehead atoms. The van der Waals surface area contributed by atoms with E-state index in [1.165, 1.54) is 29.3 Å². The first-order chi connectivity index (χ1) is 8.99. The van der Waals surface area contributed by atoms with E-state index >= 15 is 0 Å². The largest absolute Gasteiger partial charge is 0.398 e. The zero-order valence-electron chi connectivity index (χ0n) is 11.7. The second-order valence-electron chi connectivity index (χ2n) is 5.17. The van der Waals surface area contributed by atoms with Crippen LogP contribution in [-0.2, 0) is 11.3 Å². The summed E-state index contributed by atoms with van der Waals surface area (Å²) in [6, 6.07) is 2.90. The van der Waals surface area contributed by atoms with Crippen molar-refractivity contribution in [2.45, 2.75) is 39.7 Å². The number of nitrogens with one attached hydrogen (secondary N) is 1. The van der Waals surface area contributed by atoms with Crippen LogP contribution in [0.3, 0.4) is 0 Å². The predicted octanol–water partition coefficient (Wildman–Crippen LogP) is 1.37. The van der Waals surface area contributed by atoms with E-state index in [0.717, 1.165) is 12.8 Å². The standard InChI is InChI=1S/C14H23N3O2/c1-11(2)5-3-4-8-16-13(18)10-17-9-12(15)6-7-14(17)19/h6-7,9,11H,3-5,8,10,15H2,1-2H3,(H,16,18). The molecule has 0 fully saturated rings. The Morgan fingerprint density at radius 1 is 1.37 bits per heavy atom. The molecule has 0 atom stereocenters. The topological polar surface area (TPSA) is 77.1 Å². The van der Waals surface area contributed by atoms with Gasteiger partial charge in [-0.3, -0.25) is 9.59 Å². The van der Waals surface area contributed by atoms with E-state index in [1.807, 2.05) is 0 Å². The van der Waals surface area contributed by atoms with E-state index in [-0.39, 0.29) is 18.0 Å². The minimum absolute atomic E-state index is 0.0219. The first-order valence-corrected chi connectivity index (χ1v) is 6.71. The third-order valence-electron chi connectivity index (χ3n) is 2.85. The number of aromatic nitrogens is 1. The average molecular weight is 265 g/mol. The van der Waals surface area contributed by atoms with E-state index in [0.29, 0.717) is 18.2 Å². The second kappa shape index (κ2) is 7.61. The maximum absolute atomic E-state index is 11.7. The highest BCUT2D eigenvalue weighted by Crippen LogP contribution is 2.05. The van der Waals surface area contributed by atoms with Gasteiger partial charge in [0.2, 0.25) is 5.91 Å². The number of hydrogen-bond donors (Lipinski definition) is 2.